The Morgan fingerprint density at radius 2 is 1.95 bits per heavy atom. The van der Waals surface area contributed by atoms with Crippen LogP contribution in [0.5, 0.6) is 5.75 Å². The van der Waals surface area contributed by atoms with E-state index in [4.69, 9.17) is 10.5 Å². The van der Waals surface area contributed by atoms with Gasteiger partial charge in [0.1, 0.15) is 11.8 Å². The summed E-state index contributed by atoms with van der Waals surface area (Å²) in [5, 5.41) is 3.16. The van der Waals surface area contributed by atoms with Crippen LogP contribution in [0.3, 0.4) is 0 Å². The van der Waals surface area contributed by atoms with Crippen molar-refractivity contribution in [1.82, 2.24) is 0 Å². The minimum absolute atomic E-state index is 0.427. The van der Waals surface area contributed by atoms with E-state index in [1.165, 1.54) is 0 Å². The third-order valence-corrected chi connectivity index (χ3v) is 3.15. The molecule has 4 nitrogen and oxygen atoms in total. The minimum atomic E-state index is -0.590. The first-order chi connectivity index (χ1) is 10.1. The van der Waals surface area contributed by atoms with Crippen LogP contribution in [0.2, 0.25) is 0 Å². The number of nitrogens with two attached hydrogens (primary N) is 1. The molecular formula is C17H20N2O2. The first-order valence-electron chi connectivity index (χ1n) is 6.95. The zero-order valence-corrected chi connectivity index (χ0v) is 12.3. The van der Waals surface area contributed by atoms with Gasteiger partial charge in [-0.05, 0) is 43.7 Å². The molecule has 0 aliphatic heterocycles. The quantitative estimate of drug-likeness (QED) is 0.857. The van der Waals surface area contributed by atoms with Crippen LogP contribution in [0.1, 0.15) is 24.1 Å². The maximum atomic E-state index is 11.8. The summed E-state index contributed by atoms with van der Waals surface area (Å²) in [7, 11) is 0. The summed E-state index contributed by atoms with van der Waals surface area (Å²) in [6.07, 6.45) is 0. The van der Waals surface area contributed by atoms with Gasteiger partial charge in [-0.15, -0.1) is 0 Å². The Balaban J connectivity index is 2.24. The molecule has 0 aliphatic rings. The fraction of sp³-hybridized carbons (Fsp3) is 0.235. The Morgan fingerprint density at radius 3 is 2.57 bits per heavy atom. The van der Waals surface area contributed by atoms with Crippen molar-refractivity contribution in [1.29, 1.82) is 0 Å². The Hall–Kier alpha value is -2.49. The molecule has 2 aromatic carbocycles. The lowest BCUT2D eigenvalue weighted by atomic mass is 10.1. The average Bonchev–Trinajstić information content (AvgIpc) is 2.47. The zero-order chi connectivity index (χ0) is 15.2. The molecule has 1 atom stereocenters. The maximum Gasteiger partial charge on any atom is 0.244 e. The van der Waals surface area contributed by atoms with Crippen molar-refractivity contribution in [2.24, 2.45) is 5.73 Å². The van der Waals surface area contributed by atoms with Crippen LogP contribution in [0, 0.1) is 6.92 Å². The van der Waals surface area contributed by atoms with Crippen molar-refractivity contribution in [2.45, 2.75) is 19.9 Å². The number of aryl methyl sites for hydroxylation is 1. The summed E-state index contributed by atoms with van der Waals surface area (Å²) in [5.41, 5.74) is 8.33. The van der Waals surface area contributed by atoms with E-state index in [9.17, 15) is 4.79 Å². The predicted octanol–water partition coefficient (Wildman–Crippen LogP) is 3.03. The van der Waals surface area contributed by atoms with E-state index in [1.54, 1.807) is 0 Å². The van der Waals surface area contributed by atoms with Crippen LogP contribution < -0.4 is 15.8 Å². The highest BCUT2D eigenvalue weighted by molar-refractivity contribution is 5.84. The van der Waals surface area contributed by atoms with Crippen molar-refractivity contribution < 1.29 is 9.53 Å². The van der Waals surface area contributed by atoms with Gasteiger partial charge < -0.3 is 15.8 Å². The number of anilines is 1. The monoisotopic (exact) mass is 284 g/mol. The van der Waals surface area contributed by atoms with E-state index in [0.29, 0.717) is 6.61 Å². The van der Waals surface area contributed by atoms with E-state index >= 15 is 0 Å². The molecule has 0 bridgehead atoms. The van der Waals surface area contributed by atoms with Gasteiger partial charge in [-0.3, -0.25) is 4.79 Å². The van der Waals surface area contributed by atoms with E-state index in [-0.39, 0.29) is 0 Å². The number of primary amides is 1. The number of ether oxygens (including phenoxy) is 1. The highest BCUT2D eigenvalue weighted by atomic mass is 16.5. The Labute approximate surface area is 124 Å². The standard InChI is InChI=1S/C17H20N2O2/c1-3-21-15-6-4-5-13(11-15)16(17(18)20)19-14-9-7-12(2)8-10-14/h4-11,16,19H,3H2,1-2H3,(H2,18,20). The average molecular weight is 284 g/mol. The van der Waals surface area contributed by atoms with Crippen LogP contribution in [-0.4, -0.2) is 12.5 Å². The molecule has 0 fully saturated rings. The van der Waals surface area contributed by atoms with Crippen molar-refractivity contribution in [3.63, 3.8) is 0 Å². The van der Waals surface area contributed by atoms with Gasteiger partial charge in [0.2, 0.25) is 5.91 Å². The summed E-state index contributed by atoms with van der Waals surface area (Å²) in [6.45, 7) is 4.51. The predicted molar refractivity (Wildman–Crippen MR) is 84.3 cm³/mol. The Bertz CT molecular complexity index is 608. The summed E-state index contributed by atoms with van der Waals surface area (Å²) in [6, 6.07) is 14.6. The SMILES string of the molecule is CCOc1cccc(C(Nc2ccc(C)cc2)C(N)=O)c1. The van der Waals surface area contributed by atoms with Crippen molar-refractivity contribution in [2.75, 3.05) is 11.9 Å². The summed E-state index contributed by atoms with van der Waals surface area (Å²) in [5.74, 6) is 0.302. The number of nitrogens with one attached hydrogen (secondary N) is 1. The molecule has 110 valence electrons. The van der Waals surface area contributed by atoms with E-state index in [1.807, 2.05) is 62.4 Å². The molecule has 2 aromatic rings. The van der Waals surface area contributed by atoms with Crippen LogP contribution in [0.15, 0.2) is 48.5 Å². The highest BCUT2D eigenvalue weighted by Gasteiger charge is 2.18. The van der Waals surface area contributed by atoms with Gasteiger partial charge >= 0.3 is 0 Å². The van der Waals surface area contributed by atoms with Gasteiger partial charge in [-0.25, -0.2) is 0 Å². The molecule has 4 heteroatoms. The van der Waals surface area contributed by atoms with Gasteiger partial charge in [0.15, 0.2) is 0 Å². The fourth-order valence-electron chi connectivity index (χ4n) is 2.09. The topological polar surface area (TPSA) is 64.3 Å². The summed E-state index contributed by atoms with van der Waals surface area (Å²) in [4.78, 5) is 11.8. The molecule has 0 saturated carbocycles. The lowest BCUT2D eigenvalue weighted by Crippen LogP contribution is -2.27. The fourth-order valence-corrected chi connectivity index (χ4v) is 2.09. The van der Waals surface area contributed by atoms with Crippen LogP contribution in [0.4, 0.5) is 5.69 Å². The van der Waals surface area contributed by atoms with Crippen LogP contribution >= 0.6 is 0 Å². The van der Waals surface area contributed by atoms with Crippen molar-refractivity contribution in [3.05, 3.63) is 59.7 Å². The summed E-state index contributed by atoms with van der Waals surface area (Å²) < 4.78 is 5.46. The molecule has 0 aromatic heterocycles. The van der Waals surface area contributed by atoms with Gasteiger partial charge in [0.25, 0.3) is 0 Å². The zero-order valence-electron chi connectivity index (χ0n) is 12.3. The Morgan fingerprint density at radius 1 is 1.24 bits per heavy atom. The largest absolute Gasteiger partial charge is 0.494 e. The van der Waals surface area contributed by atoms with Gasteiger partial charge in [-0.1, -0.05) is 29.8 Å². The molecule has 3 N–H and O–H groups in total. The number of amides is 1. The molecule has 0 aliphatic carbocycles. The molecule has 0 saturated heterocycles. The second-order valence-electron chi connectivity index (χ2n) is 4.85. The number of rotatable bonds is 6. The number of benzene rings is 2. The van der Waals surface area contributed by atoms with Gasteiger partial charge in [-0.2, -0.15) is 0 Å². The second kappa shape index (κ2) is 6.79. The summed E-state index contributed by atoms with van der Waals surface area (Å²) >= 11 is 0. The normalized spacial score (nSPS) is 11.7. The lowest BCUT2D eigenvalue weighted by Gasteiger charge is -2.18. The van der Waals surface area contributed by atoms with Crippen LogP contribution in [0.25, 0.3) is 0 Å². The van der Waals surface area contributed by atoms with Gasteiger partial charge in [0.05, 0.1) is 6.61 Å². The van der Waals surface area contributed by atoms with Crippen LogP contribution in [-0.2, 0) is 4.79 Å². The van der Waals surface area contributed by atoms with E-state index in [0.717, 1.165) is 22.6 Å². The molecular weight excluding hydrogens is 264 g/mol. The molecule has 2 rings (SSSR count). The number of hydrogen-bond acceptors (Lipinski definition) is 3. The molecule has 0 spiro atoms. The van der Waals surface area contributed by atoms with E-state index in [2.05, 4.69) is 5.32 Å². The van der Waals surface area contributed by atoms with Gasteiger partial charge in [0, 0.05) is 5.69 Å². The highest BCUT2D eigenvalue weighted by Crippen LogP contribution is 2.23. The molecule has 0 radical (unpaired) electrons. The van der Waals surface area contributed by atoms with Crippen molar-refractivity contribution >= 4 is 11.6 Å². The Kier molecular flexibility index (Phi) is 4.82. The lowest BCUT2D eigenvalue weighted by molar-refractivity contribution is -0.118. The molecule has 0 heterocycles. The maximum absolute atomic E-state index is 11.8. The number of carbonyl (C=O) groups is 1. The second-order valence-corrected chi connectivity index (χ2v) is 4.85. The number of hydrogen-bond donors (Lipinski definition) is 2. The number of carbonyl (C=O) groups excluding carboxylic acids is 1. The molecule has 21 heavy (non-hydrogen) atoms. The third-order valence-electron chi connectivity index (χ3n) is 3.15. The first-order valence-corrected chi connectivity index (χ1v) is 6.95. The smallest absolute Gasteiger partial charge is 0.244 e. The molecule has 1 amide bonds. The van der Waals surface area contributed by atoms with Crippen molar-refractivity contribution in [3.8, 4) is 5.75 Å². The first kappa shape index (κ1) is 14.9. The minimum Gasteiger partial charge on any atom is -0.494 e. The molecule has 1 unspecified atom stereocenters. The third kappa shape index (κ3) is 3.99. The van der Waals surface area contributed by atoms with E-state index < -0.39 is 11.9 Å².